The first-order valence-electron chi connectivity index (χ1n) is 6.43. The standard InChI is InChI=1S/C13H19N3O3/c1-10-7-16(8-11(10)13(18)19-2)12(17)3-5-15-6-4-14-9-15/h4,6,9-11H,3,5,7-8H2,1-2H3. The van der Waals surface area contributed by atoms with Gasteiger partial charge in [0.25, 0.3) is 0 Å². The molecule has 1 aliphatic rings. The number of methoxy groups -OCH3 is 1. The van der Waals surface area contributed by atoms with Crippen LogP contribution < -0.4 is 0 Å². The van der Waals surface area contributed by atoms with E-state index in [4.69, 9.17) is 4.74 Å². The molecule has 6 nitrogen and oxygen atoms in total. The number of likely N-dealkylation sites (tertiary alicyclic amines) is 1. The first-order chi connectivity index (χ1) is 9.11. The minimum Gasteiger partial charge on any atom is -0.469 e. The van der Waals surface area contributed by atoms with Crippen molar-refractivity contribution in [1.82, 2.24) is 14.5 Å². The zero-order valence-corrected chi connectivity index (χ0v) is 11.3. The van der Waals surface area contributed by atoms with Crippen LogP contribution in [-0.4, -0.2) is 46.5 Å². The predicted molar refractivity (Wildman–Crippen MR) is 68.1 cm³/mol. The fourth-order valence-corrected chi connectivity index (χ4v) is 2.43. The maximum Gasteiger partial charge on any atom is 0.310 e. The highest BCUT2D eigenvalue weighted by atomic mass is 16.5. The molecule has 2 atom stereocenters. The monoisotopic (exact) mass is 265 g/mol. The Kier molecular flexibility index (Phi) is 4.19. The molecule has 0 spiro atoms. The molecule has 1 saturated heterocycles. The molecule has 19 heavy (non-hydrogen) atoms. The van der Waals surface area contributed by atoms with Crippen LogP contribution in [0, 0.1) is 11.8 Å². The van der Waals surface area contributed by atoms with Gasteiger partial charge in [-0.25, -0.2) is 4.98 Å². The van der Waals surface area contributed by atoms with Gasteiger partial charge in [0.2, 0.25) is 5.91 Å². The molecule has 6 heteroatoms. The molecule has 0 aromatic carbocycles. The number of hydrogen-bond acceptors (Lipinski definition) is 4. The summed E-state index contributed by atoms with van der Waals surface area (Å²) in [6.07, 6.45) is 5.64. The predicted octanol–water partition coefficient (Wildman–Crippen LogP) is 0.541. The molecule has 1 aromatic rings. The summed E-state index contributed by atoms with van der Waals surface area (Å²) in [5.74, 6) is -0.184. The molecule has 1 aliphatic heterocycles. The van der Waals surface area contributed by atoms with Crippen molar-refractivity contribution in [3.63, 3.8) is 0 Å². The number of amides is 1. The molecule has 2 rings (SSSR count). The van der Waals surface area contributed by atoms with Gasteiger partial charge in [0.05, 0.1) is 19.4 Å². The normalized spacial score (nSPS) is 22.5. The van der Waals surface area contributed by atoms with E-state index in [2.05, 4.69) is 4.98 Å². The van der Waals surface area contributed by atoms with Crippen molar-refractivity contribution in [2.45, 2.75) is 19.9 Å². The van der Waals surface area contributed by atoms with Crippen LogP contribution >= 0.6 is 0 Å². The lowest BCUT2D eigenvalue weighted by Gasteiger charge is -2.16. The van der Waals surface area contributed by atoms with Crippen molar-refractivity contribution in [1.29, 1.82) is 0 Å². The van der Waals surface area contributed by atoms with Crippen LogP contribution in [0.3, 0.4) is 0 Å². The van der Waals surface area contributed by atoms with E-state index in [1.54, 1.807) is 17.4 Å². The van der Waals surface area contributed by atoms with Crippen LogP contribution in [0.1, 0.15) is 13.3 Å². The van der Waals surface area contributed by atoms with Gasteiger partial charge in [-0.2, -0.15) is 0 Å². The van der Waals surface area contributed by atoms with E-state index >= 15 is 0 Å². The Hall–Kier alpha value is -1.85. The Labute approximate surface area is 112 Å². The molecule has 1 aromatic heterocycles. The van der Waals surface area contributed by atoms with E-state index in [1.165, 1.54) is 7.11 Å². The lowest BCUT2D eigenvalue weighted by molar-refractivity contribution is -0.146. The topological polar surface area (TPSA) is 64.4 Å². The number of imidazole rings is 1. The molecule has 0 saturated carbocycles. The molecular weight excluding hydrogens is 246 g/mol. The number of carbonyl (C=O) groups excluding carboxylic acids is 2. The molecular formula is C13H19N3O3. The number of aromatic nitrogens is 2. The van der Waals surface area contributed by atoms with E-state index in [1.807, 2.05) is 17.7 Å². The Bertz CT molecular complexity index is 444. The van der Waals surface area contributed by atoms with Crippen molar-refractivity contribution >= 4 is 11.9 Å². The third-order valence-electron chi connectivity index (χ3n) is 3.61. The number of rotatable bonds is 4. The Morgan fingerprint density at radius 2 is 2.21 bits per heavy atom. The van der Waals surface area contributed by atoms with Gasteiger partial charge in [0.1, 0.15) is 0 Å². The zero-order chi connectivity index (χ0) is 13.8. The van der Waals surface area contributed by atoms with Crippen LogP contribution in [0.25, 0.3) is 0 Å². The lowest BCUT2D eigenvalue weighted by atomic mass is 9.99. The van der Waals surface area contributed by atoms with Crippen LogP contribution in [0.15, 0.2) is 18.7 Å². The van der Waals surface area contributed by atoms with E-state index in [0.717, 1.165) is 0 Å². The first kappa shape index (κ1) is 13.6. The number of carbonyl (C=O) groups is 2. The summed E-state index contributed by atoms with van der Waals surface area (Å²) in [5.41, 5.74) is 0. The second kappa shape index (κ2) is 5.86. The van der Waals surface area contributed by atoms with Gasteiger partial charge in [-0.1, -0.05) is 6.92 Å². The Balaban J connectivity index is 1.85. The molecule has 104 valence electrons. The third kappa shape index (κ3) is 3.13. The number of aryl methyl sites for hydroxylation is 1. The van der Waals surface area contributed by atoms with E-state index in [0.29, 0.717) is 26.1 Å². The third-order valence-corrected chi connectivity index (χ3v) is 3.61. The summed E-state index contributed by atoms with van der Waals surface area (Å²) in [4.78, 5) is 29.3. The van der Waals surface area contributed by atoms with Crippen LogP contribution in [0.5, 0.6) is 0 Å². The van der Waals surface area contributed by atoms with E-state index < -0.39 is 0 Å². The quantitative estimate of drug-likeness (QED) is 0.745. The van der Waals surface area contributed by atoms with Crippen molar-refractivity contribution in [3.8, 4) is 0 Å². The highest BCUT2D eigenvalue weighted by molar-refractivity contribution is 5.79. The summed E-state index contributed by atoms with van der Waals surface area (Å²) in [6.45, 7) is 3.69. The largest absolute Gasteiger partial charge is 0.469 e. The van der Waals surface area contributed by atoms with Crippen LogP contribution in [0.2, 0.25) is 0 Å². The Morgan fingerprint density at radius 3 is 2.84 bits per heavy atom. The summed E-state index contributed by atoms with van der Waals surface area (Å²) in [5, 5.41) is 0. The molecule has 0 bridgehead atoms. The molecule has 1 amide bonds. The average Bonchev–Trinajstić information content (AvgIpc) is 3.04. The maximum atomic E-state index is 12.1. The fraction of sp³-hybridized carbons (Fsp3) is 0.615. The van der Waals surface area contributed by atoms with E-state index in [-0.39, 0.29) is 23.7 Å². The van der Waals surface area contributed by atoms with Gasteiger partial charge >= 0.3 is 5.97 Å². The maximum absolute atomic E-state index is 12.1. The summed E-state index contributed by atoms with van der Waals surface area (Å²) in [7, 11) is 1.39. The number of esters is 1. The van der Waals surface area contributed by atoms with Crippen molar-refractivity contribution < 1.29 is 14.3 Å². The summed E-state index contributed by atoms with van der Waals surface area (Å²) in [6, 6.07) is 0. The van der Waals surface area contributed by atoms with Crippen molar-refractivity contribution in [3.05, 3.63) is 18.7 Å². The molecule has 0 N–H and O–H groups in total. The Morgan fingerprint density at radius 1 is 1.42 bits per heavy atom. The number of nitrogens with zero attached hydrogens (tertiary/aromatic N) is 3. The smallest absolute Gasteiger partial charge is 0.310 e. The molecule has 2 heterocycles. The van der Waals surface area contributed by atoms with Crippen molar-refractivity contribution in [2.24, 2.45) is 11.8 Å². The summed E-state index contributed by atoms with van der Waals surface area (Å²) < 4.78 is 6.63. The highest BCUT2D eigenvalue weighted by Gasteiger charge is 2.37. The van der Waals surface area contributed by atoms with Crippen molar-refractivity contribution in [2.75, 3.05) is 20.2 Å². The van der Waals surface area contributed by atoms with E-state index in [9.17, 15) is 9.59 Å². The van der Waals surface area contributed by atoms with Gasteiger partial charge in [0.15, 0.2) is 0 Å². The minimum absolute atomic E-state index is 0.0759. The van der Waals surface area contributed by atoms with Gasteiger partial charge in [-0.15, -0.1) is 0 Å². The summed E-state index contributed by atoms with van der Waals surface area (Å²) >= 11 is 0. The highest BCUT2D eigenvalue weighted by Crippen LogP contribution is 2.24. The molecule has 0 radical (unpaired) electrons. The van der Waals surface area contributed by atoms with Crippen LogP contribution in [0.4, 0.5) is 0 Å². The second-order valence-electron chi connectivity index (χ2n) is 4.96. The van der Waals surface area contributed by atoms with Gasteiger partial charge in [-0.05, 0) is 5.92 Å². The van der Waals surface area contributed by atoms with Gasteiger partial charge in [0, 0.05) is 38.4 Å². The lowest BCUT2D eigenvalue weighted by Crippen LogP contribution is -2.30. The van der Waals surface area contributed by atoms with Gasteiger partial charge in [-0.3, -0.25) is 9.59 Å². The molecule has 0 aliphatic carbocycles. The minimum atomic E-state index is -0.225. The number of ether oxygens (including phenoxy) is 1. The average molecular weight is 265 g/mol. The fourth-order valence-electron chi connectivity index (χ4n) is 2.43. The van der Waals surface area contributed by atoms with Crippen LogP contribution in [-0.2, 0) is 20.9 Å². The molecule has 1 fully saturated rings. The van der Waals surface area contributed by atoms with Gasteiger partial charge < -0.3 is 14.2 Å². The first-order valence-corrected chi connectivity index (χ1v) is 6.43. The number of hydrogen-bond donors (Lipinski definition) is 0. The second-order valence-corrected chi connectivity index (χ2v) is 4.96. The SMILES string of the molecule is COC(=O)C1CN(C(=O)CCn2ccnc2)CC1C. The zero-order valence-electron chi connectivity index (χ0n) is 11.3. The molecule has 2 unspecified atom stereocenters.